The van der Waals surface area contributed by atoms with Crippen molar-refractivity contribution in [1.82, 2.24) is 14.8 Å². The van der Waals surface area contributed by atoms with Crippen LogP contribution >= 0.6 is 0 Å². The Balaban J connectivity index is 2.02. The Morgan fingerprint density at radius 1 is 1.10 bits per heavy atom. The molecule has 5 heteroatoms. The Labute approximate surface area is 115 Å². The summed E-state index contributed by atoms with van der Waals surface area (Å²) in [5.41, 5.74) is 8.85. The first kappa shape index (κ1) is 11.9. The van der Waals surface area contributed by atoms with E-state index in [-0.39, 0.29) is 0 Å². The minimum Gasteiger partial charge on any atom is -0.398 e. The van der Waals surface area contributed by atoms with Crippen molar-refractivity contribution in [1.29, 1.82) is 5.26 Å². The smallest absolute Gasteiger partial charge is 0.154 e. The summed E-state index contributed by atoms with van der Waals surface area (Å²) < 4.78 is 1.63. The van der Waals surface area contributed by atoms with Gasteiger partial charge in [0.25, 0.3) is 0 Å². The molecule has 0 spiro atoms. The van der Waals surface area contributed by atoms with Crippen molar-refractivity contribution >= 4 is 5.69 Å². The van der Waals surface area contributed by atoms with Crippen molar-refractivity contribution in [3.63, 3.8) is 0 Å². The number of hydrogen-bond donors (Lipinski definition) is 1. The Bertz CT molecular complexity index is 798. The maximum Gasteiger partial charge on any atom is 0.154 e. The van der Waals surface area contributed by atoms with Crippen LogP contribution in [0.1, 0.15) is 5.69 Å². The summed E-state index contributed by atoms with van der Waals surface area (Å²) in [6.07, 6.45) is 3.57. The lowest BCUT2D eigenvalue weighted by Crippen LogP contribution is -1.98. The number of para-hydroxylation sites is 1. The summed E-state index contributed by atoms with van der Waals surface area (Å²) in [7, 11) is 0. The Morgan fingerprint density at radius 3 is 2.75 bits per heavy atom. The van der Waals surface area contributed by atoms with Crippen LogP contribution in [0.15, 0.2) is 54.9 Å². The normalized spacial score (nSPS) is 10.2. The predicted octanol–water partition coefficient (Wildman–Crippen LogP) is 2.39. The van der Waals surface area contributed by atoms with Gasteiger partial charge >= 0.3 is 0 Å². The first-order valence-corrected chi connectivity index (χ1v) is 6.05. The van der Waals surface area contributed by atoms with Gasteiger partial charge in [-0.25, -0.2) is 9.67 Å². The number of nitriles is 1. The molecule has 0 radical (unpaired) electrons. The number of pyridine rings is 1. The summed E-state index contributed by atoms with van der Waals surface area (Å²) in [6.45, 7) is 0. The fourth-order valence-corrected chi connectivity index (χ4v) is 1.96. The van der Waals surface area contributed by atoms with Crippen LogP contribution in [0.2, 0.25) is 0 Å². The SMILES string of the molecule is N#Cc1cccc(-n2cc(-c3ccccc3N)cn2)n1. The molecule has 96 valence electrons. The van der Waals surface area contributed by atoms with Gasteiger partial charge in [0.15, 0.2) is 5.82 Å². The highest BCUT2D eigenvalue weighted by molar-refractivity contribution is 5.75. The van der Waals surface area contributed by atoms with E-state index in [1.54, 1.807) is 29.1 Å². The third-order valence-electron chi connectivity index (χ3n) is 2.94. The molecular formula is C15H11N5. The van der Waals surface area contributed by atoms with Crippen molar-refractivity contribution < 1.29 is 0 Å². The zero-order chi connectivity index (χ0) is 13.9. The van der Waals surface area contributed by atoms with Crippen molar-refractivity contribution in [2.75, 3.05) is 5.73 Å². The topological polar surface area (TPSA) is 80.5 Å². The molecule has 3 rings (SSSR count). The highest BCUT2D eigenvalue weighted by Gasteiger charge is 2.07. The maximum absolute atomic E-state index is 8.87. The third-order valence-corrected chi connectivity index (χ3v) is 2.94. The van der Waals surface area contributed by atoms with Gasteiger partial charge in [-0.3, -0.25) is 0 Å². The van der Waals surface area contributed by atoms with E-state index < -0.39 is 0 Å². The molecule has 0 unspecified atom stereocenters. The number of nitrogens with zero attached hydrogens (tertiary/aromatic N) is 4. The third kappa shape index (κ3) is 2.10. The van der Waals surface area contributed by atoms with Gasteiger partial charge in [-0.1, -0.05) is 24.3 Å². The van der Waals surface area contributed by atoms with Crippen molar-refractivity contribution in [3.05, 3.63) is 60.6 Å². The molecule has 2 heterocycles. The van der Waals surface area contributed by atoms with E-state index >= 15 is 0 Å². The van der Waals surface area contributed by atoms with Crippen molar-refractivity contribution in [3.8, 4) is 23.0 Å². The van der Waals surface area contributed by atoms with Gasteiger partial charge in [0, 0.05) is 23.0 Å². The lowest BCUT2D eigenvalue weighted by Gasteiger charge is -2.02. The number of rotatable bonds is 2. The van der Waals surface area contributed by atoms with Gasteiger partial charge in [-0.05, 0) is 18.2 Å². The Hall–Kier alpha value is -3.13. The van der Waals surface area contributed by atoms with Gasteiger partial charge < -0.3 is 5.73 Å². The highest BCUT2D eigenvalue weighted by Crippen LogP contribution is 2.25. The van der Waals surface area contributed by atoms with Crippen LogP contribution in [0.3, 0.4) is 0 Å². The largest absolute Gasteiger partial charge is 0.398 e. The number of benzene rings is 1. The molecule has 0 amide bonds. The molecule has 2 aromatic heterocycles. The maximum atomic E-state index is 8.87. The van der Waals surface area contributed by atoms with E-state index in [0.717, 1.165) is 11.1 Å². The summed E-state index contributed by atoms with van der Waals surface area (Å²) in [5.74, 6) is 0.602. The molecule has 0 fully saturated rings. The molecule has 0 saturated carbocycles. The second kappa shape index (κ2) is 4.86. The summed E-state index contributed by atoms with van der Waals surface area (Å²) >= 11 is 0. The number of aromatic nitrogens is 3. The van der Waals surface area contributed by atoms with Gasteiger partial charge in [0.05, 0.1) is 6.20 Å². The number of nitrogens with two attached hydrogens (primary N) is 1. The zero-order valence-corrected chi connectivity index (χ0v) is 10.6. The molecule has 1 aromatic carbocycles. The fraction of sp³-hybridized carbons (Fsp3) is 0. The summed E-state index contributed by atoms with van der Waals surface area (Å²) in [4.78, 5) is 4.20. The molecular weight excluding hydrogens is 250 g/mol. The fourth-order valence-electron chi connectivity index (χ4n) is 1.96. The van der Waals surface area contributed by atoms with E-state index in [0.29, 0.717) is 17.2 Å². The van der Waals surface area contributed by atoms with Crippen molar-refractivity contribution in [2.45, 2.75) is 0 Å². The average Bonchev–Trinajstić information content (AvgIpc) is 2.97. The van der Waals surface area contributed by atoms with Crippen molar-refractivity contribution in [2.24, 2.45) is 0 Å². The monoisotopic (exact) mass is 261 g/mol. The van der Waals surface area contributed by atoms with Crippen LogP contribution in [-0.2, 0) is 0 Å². The lowest BCUT2D eigenvalue weighted by atomic mass is 10.1. The number of anilines is 1. The number of nitrogen functional groups attached to an aromatic ring is 1. The number of hydrogen-bond acceptors (Lipinski definition) is 4. The Kier molecular flexibility index (Phi) is 2.90. The summed E-state index contributed by atoms with van der Waals surface area (Å²) in [6, 6.07) is 14.8. The quantitative estimate of drug-likeness (QED) is 0.718. The second-order valence-corrected chi connectivity index (χ2v) is 4.25. The average molecular weight is 261 g/mol. The van der Waals surface area contributed by atoms with Gasteiger partial charge in [0.1, 0.15) is 11.8 Å². The summed E-state index contributed by atoms with van der Waals surface area (Å²) in [5, 5.41) is 13.1. The molecule has 0 aliphatic carbocycles. The van der Waals surface area contributed by atoms with E-state index in [9.17, 15) is 0 Å². The molecule has 0 aliphatic rings. The molecule has 3 aromatic rings. The first-order valence-electron chi connectivity index (χ1n) is 6.05. The van der Waals surface area contributed by atoms with Crippen LogP contribution in [0, 0.1) is 11.3 Å². The van der Waals surface area contributed by atoms with Gasteiger partial charge in [0.2, 0.25) is 0 Å². The van der Waals surface area contributed by atoms with Gasteiger partial charge in [-0.15, -0.1) is 0 Å². The standard InChI is InChI=1S/C15H11N5/c16-8-12-4-3-7-15(19-12)20-10-11(9-18-20)13-5-1-2-6-14(13)17/h1-7,9-10H,17H2. The van der Waals surface area contributed by atoms with E-state index in [4.69, 9.17) is 11.0 Å². The van der Waals surface area contributed by atoms with Crippen LogP contribution in [0.5, 0.6) is 0 Å². The molecule has 0 saturated heterocycles. The zero-order valence-electron chi connectivity index (χ0n) is 10.6. The van der Waals surface area contributed by atoms with Gasteiger partial charge in [-0.2, -0.15) is 10.4 Å². The Morgan fingerprint density at radius 2 is 1.95 bits per heavy atom. The van der Waals surface area contributed by atoms with E-state index in [2.05, 4.69) is 10.1 Å². The van der Waals surface area contributed by atoms with Crippen LogP contribution in [-0.4, -0.2) is 14.8 Å². The molecule has 0 bridgehead atoms. The molecule has 5 nitrogen and oxygen atoms in total. The van der Waals surface area contributed by atoms with E-state index in [1.807, 2.05) is 36.5 Å². The lowest BCUT2D eigenvalue weighted by molar-refractivity contribution is 0.844. The van der Waals surface area contributed by atoms with E-state index in [1.165, 1.54) is 0 Å². The minimum absolute atomic E-state index is 0.360. The van der Waals surface area contributed by atoms with Crippen LogP contribution < -0.4 is 5.73 Å². The second-order valence-electron chi connectivity index (χ2n) is 4.25. The van der Waals surface area contributed by atoms with Crippen LogP contribution in [0.25, 0.3) is 16.9 Å². The highest BCUT2D eigenvalue weighted by atomic mass is 15.3. The molecule has 20 heavy (non-hydrogen) atoms. The molecule has 0 aliphatic heterocycles. The van der Waals surface area contributed by atoms with Crippen LogP contribution in [0.4, 0.5) is 5.69 Å². The molecule has 2 N–H and O–H groups in total. The minimum atomic E-state index is 0.360. The molecule has 0 atom stereocenters. The predicted molar refractivity (Wildman–Crippen MR) is 75.9 cm³/mol. The first-order chi connectivity index (χ1) is 9.78.